The largest absolute Gasteiger partial charge is 0.495 e. The predicted octanol–water partition coefficient (Wildman–Crippen LogP) is 2.98. The van der Waals surface area contributed by atoms with E-state index in [1.165, 1.54) is 19.4 Å². The van der Waals surface area contributed by atoms with Crippen LogP contribution in [0.1, 0.15) is 38.8 Å². The first-order chi connectivity index (χ1) is 10.5. The highest BCUT2D eigenvalue weighted by atomic mass is 19.4. The van der Waals surface area contributed by atoms with E-state index in [0.717, 1.165) is 12.1 Å². The summed E-state index contributed by atoms with van der Waals surface area (Å²) in [6.07, 6.45) is -3.22. The molecule has 4 nitrogen and oxygen atoms in total. The summed E-state index contributed by atoms with van der Waals surface area (Å²) in [6, 6.07) is 3.36. The highest BCUT2D eigenvalue weighted by molar-refractivity contribution is 6.63. The Morgan fingerprint density at radius 2 is 1.70 bits per heavy atom. The molecule has 0 amide bonds. The van der Waals surface area contributed by atoms with Crippen molar-refractivity contribution >= 4 is 18.8 Å². The van der Waals surface area contributed by atoms with Crippen molar-refractivity contribution in [1.82, 2.24) is 0 Å². The number of hydrogen-bond donors (Lipinski definition) is 0. The lowest BCUT2D eigenvalue weighted by Gasteiger charge is -2.32. The van der Waals surface area contributed by atoms with Crippen LogP contribution in [-0.4, -0.2) is 31.6 Å². The van der Waals surface area contributed by atoms with Gasteiger partial charge in [0.15, 0.2) is 0 Å². The molecule has 1 aromatic carbocycles. The number of halogens is 3. The quantitative estimate of drug-likeness (QED) is 0.486. The van der Waals surface area contributed by atoms with Crippen molar-refractivity contribution < 1.29 is 27.3 Å². The van der Waals surface area contributed by atoms with Gasteiger partial charge in [-0.1, -0.05) is 17.3 Å². The van der Waals surface area contributed by atoms with Gasteiger partial charge in [-0.25, -0.2) is 0 Å². The molecule has 0 unspecified atom stereocenters. The summed E-state index contributed by atoms with van der Waals surface area (Å²) in [4.78, 5) is 4.58. The third kappa shape index (κ3) is 3.53. The minimum Gasteiger partial charge on any atom is -0.399 e. The van der Waals surface area contributed by atoms with Crippen molar-refractivity contribution in [1.29, 1.82) is 0 Å². The maximum atomic E-state index is 12.9. The second-order valence-corrected chi connectivity index (χ2v) is 6.35. The van der Waals surface area contributed by atoms with Crippen LogP contribution in [0.4, 0.5) is 13.2 Å². The van der Waals surface area contributed by atoms with Crippen LogP contribution in [-0.2, 0) is 20.3 Å². The van der Waals surface area contributed by atoms with Crippen LogP contribution in [0.5, 0.6) is 0 Å². The minimum atomic E-state index is -4.44. The molecule has 1 saturated heterocycles. The van der Waals surface area contributed by atoms with Crippen molar-refractivity contribution in [2.75, 3.05) is 7.11 Å². The Hall–Kier alpha value is -1.54. The van der Waals surface area contributed by atoms with Crippen molar-refractivity contribution in [3.8, 4) is 0 Å². The zero-order chi connectivity index (χ0) is 17.5. The minimum absolute atomic E-state index is 0.236. The van der Waals surface area contributed by atoms with Crippen LogP contribution >= 0.6 is 0 Å². The molecular weight excluding hydrogens is 310 g/mol. The lowest BCUT2D eigenvalue weighted by molar-refractivity contribution is -0.137. The van der Waals surface area contributed by atoms with E-state index in [0.29, 0.717) is 5.46 Å². The fraction of sp³-hybridized carbons (Fsp3) is 0.533. The van der Waals surface area contributed by atoms with Gasteiger partial charge in [-0.2, -0.15) is 13.2 Å². The lowest BCUT2D eigenvalue weighted by Crippen LogP contribution is -2.41. The topological polar surface area (TPSA) is 40.0 Å². The van der Waals surface area contributed by atoms with Crippen molar-refractivity contribution in [2.45, 2.75) is 45.1 Å². The Morgan fingerprint density at radius 3 is 2.17 bits per heavy atom. The van der Waals surface area contributed by atoms with Crippen LogP contribution in [0.15, 0.2) is 23.4 Å². The van der Waals surface area contributed by atoms with Crippen LogP contribution in [0.25, 0.3) is 0 Å². The van der Waals surface area contributed by atoms with E-state index in [1.807, 2.05) is 27.7 Å². The fourth-order valence-electron chi connectivity index (χ4n) is 2.16. The summed E-state index contributed by atoms with van der Waals surface area (Å²) in [5.41, 5.74) is -1.24. The summed E-state index contributed by atoms with van der Waals surface area (Å²) in [6.45, 7) is 7.50. The van der Waals surface area contributed by atoms with E-state index >= 15 is 0 Å². The van der Waals surface area contributed by atoms with Crippen LogP contribution in [0.3, 0.4) is 0 Å². The number of alkyl halides is 3. The molecule has 1 aromatic rings. The Bertz CT molecular complexity index is 598. The third-order valence-electron chi connectivity index (χ3n) is 4.22. The van der Waals surface area contributed by atoms with Crippen molar-refractivity contribution in [3.63, 3.8) is 0 Å². The second-order valence-electron chi connectivity index (χ2n) is 6.35. The van der Waals surface area contributed by atoms with E-state index in [-0.39, 0.29) is 5.56 Å². The Balaban J connectivity index is 2.45. The molecule has 23 heavy (non-hydrogen) atoms. The van der Waals surface area contributed by atoms with Gasteiger partial charge in [-0.05, 0) is 44.8 Å². The summed E-state index contributed by atoms with van der Waals surface area (Å²) < 4.78 is 50.5. The molecule has 0 N–H and O–H groups in total. The summed E-state index contributed by atoms with van der Waals surface area (Å²) in [5.74, 6) is 0. The Morgan fingerprint density at radius 1 is 1.13 bits per heavy atom. The molecule has 126 valence electrons. The molecule has 0 bridgehead atoms. The van der Waals surface area contributed by atoms with Gasteiger partial charge in [0.2, 0.25) is 0 Å². The monoisotopic (exact) mass is 329 g/mol. The van der Waals surface area contributed by atoms with Gasteiger partial charge >= 0.3 is 13.3 Å². The molecule has 0 aromatic heterocycles. The normalized spacial score (nSPS) is 20.3. The zero-order valence-corrected chi connectivity index (χ0v) is 13.7. The van der Waals surface area contributed by atoms with E-state index in [2.05, 4.69) is 9.99 Å². The molecule has 0 radical (unpaired) electrons. The maximum Gasteiger partial charge on any atom is 0.495 e. The van der Waals surface area contributed by atoms with Gasteiger partial charge in [0, 0.05) is 0 Å². The number of rotatable bonds is 3. The summed E-state index contributed by atoms with van der Waals surface area (Å²) in [7, 11) is 0.541. The third-order valence-corrected chi connectivity index (χ3v) is 4.22. The molecule has 1 aliphatic heterocycles. The van der Waals surface area contributed by atoms with E-state index in [4.69, 9.17) is 9.31 Å². The van der Waals surface area contributed by atoms with Crippen LogP contribution in [0.2, 0.25) is 0 Å². The number of oxime groups is 1. The first-order valence-corrected chi connectivity index (χ1v) is 7.11. The van der Waals surface area contributed by atoms with Gasteiger partial charge in [-0.15, -0.1) is 0 Å². The molecular formula is C15H19BF3NO3. The molecule has 0 aliphatic carbocycles. The molecule has 1 aliphatic rings. The molecule has 0 spiro atoms. The van der Waals surface area contributed by atoms with Gasteiger partial charge in [0.05, 0.1) is 23.0 Å². The SMILES string of the molecule is CO/N=C/c1cc(C(F)(F)F)ccc1B1OC(C)(C)C(C)(C)O1. The van der Waals surface area contributed by atoms with Crippen molar-refractivity contribution in [2.24, 2.45) is 5.16 Å². The number of benzene rings is 1. The summed E-state index contributed by atoms with van der Waals surface area (Å²) in [5, 5.41) is 3.57. The van der Waals surface area contributed by atoms with Crippen molar-refractivity contribution in [3.05, 3.63) is 29.3 Å². The van der Waals surface area contributed by atoms with Crippen LogP contribution < -0.4 is 5.46 Å². The lowest BCUT2D eigenvalue weighted by atomic mass is 9.75. The second kappa shape index (κ2) is 5.83. The first-order valence-electron chi connectivity index (χ1n) is 7.11. The van der Waals surface area contributed by atoms with E-state index < -0.39 is 30.1 Å². The highest BCUT2D eigenvalue weighted by Crippen LogP contribution is 2.37. The molecule has 8 heteroatoms. The average Bonchev–Trinajstić information content (AvgIpc) is 2.63. The number of nitrogens with zero attached hydrogens (tertiary/aromatic N) is 1. The molecule has 0 saturated carbocycles. The highest BCUT2D eigenvalue weighted by Gasteiger charge is 2.52. The standard InChI is InChI=1S/C15H19BF3NO3/c1-13(2)14(3,4)23-16(22-13)12-7-6-11(15(17,18)19)8-10(12)9-20-21-5/h6-9H,1-5H3/b20-9+. The molecule has 0 atom stereocenters. The van der Waals surface area contributed by atoms with Gasteiger partial charge in [-0.3, -0.25) is 0 Å². The zero-order valence-electron chi connectivity index (χ0n) is 13.7. The predicted molar refractivity (Wildman–Crippen MR) is 81.8 cm³/mol. The van der Waals surface area contributed by atoms with E-state index in [1.54, 1.807) is 0 Å². The Kier molecular flexibility index (Phi) is 4.52. The maximum absolute atomic E-state index is 12.9. The number of hydrogen-bond acceptors (Lipinski definition) is 4. The smallest absolute Gasteiger partial charge is 0.399 e. The van der Waals surface area contributed by atoms with E-state index in [9.17, 15) is 13.2 Å². The average molecular weight is 329 g/mol. The molecule has 2 rings (SSSR count). The Labute approximate surface area is 133 Å². The molecule has 1 heterocycles. The summed E-state index contributed by atoms with van der Waals surface area (Å²) >= 11 is 0. The first kappa shape index (κ1) is 17.8. The molecule has 1 fully saturated rings. The van der Waals surface area contributed by atoms with Gasteiger partial charge < -0.3 is 14.1 Å². The van der Waals surface area contributed by atoms with Crippen LogP contribution in [0, 0.1) is 0 Å². The fourth-order valence-corrected chi connectivity index (χ4v) is 2.16. The van der Waals surface area contributed by atoms with Gasteiger partial charge in [0.1, 0.15) is 7.11 Å². The van der Waals surface area contributed by atoms with Gasteiger partial charge in [0.25, 0.3) is 0 Å².